The highest BCUT2D eigenvalue weighted by Crippen LogP contribution is 2.23. The molecule has 0 amide bonds. The van der Waals surface area contributed by atoms with Gasteiger partial charge in [-0.05, 0) is 18.6 Å². The van der Waals surface area contributed by atoms with Crippen LogP contribution in [0.25, 0.3) is 0 Å². The molecular formula is C8H6BrO3-. The molecule has 0 bridgehead atoms. The van der Waals surface area contributed by atoms with Crippen molar-refractivity contribution in [3.8, 4) is 5.75 Å². The van der Waals surface area contributed by atoms with Gasteiger partial charge in [0.2, 0.25) is 0 Å². The highest BCUT2D eigenvalue weighted by Gasteiger charge is 2.05. The van der Waals surface area contributed by atoms with Crippen LogP contribution in [0.2, 0.25) is 0 Å². The van der Waals surface area contributed by atoms with Gasteiger partial charge < -0.3 is 10.2 Å². The van der Waals surface area contributed by atoms with Crippen molar-refractivity contribution < 1.29 is 15.0 Å². The lowest BCUT2D eigenvalue weighted by molar-refractivity contribution is -0.268. The van der Waals surface area contributed by atoms with E-state index in [4.69, 9.17) is 5.11 Å². The first-order valence-corrected chi connectivity index (χ1v) is 4.02. The van der Waals surface area contributed by atoms with Crippen molar-refractivity contribution in [1.82, 2.24) is 0 Å². The van der Waals surface area contributed by atoms with Crippen LogP contribution in [-0.4, -0.2) is 11.1 Å². The summed E-state index contributed by atoms with van der Waals surface area (Å²) in [5, 5.41) is 19.6. The summed E-state index contributed by atoms with van der Waals surface area (Å²) in [5.74, 6) is -1.65. The minimum atomic E-state index is -1.19. The van der Waals surface area contributed by atoms with Gasteiger partial charge >= 0.3 is 5.97 Å². The van der Waals surface area contributed by atoms with E-state index in [9.17, 15) is 9.90 Å². The summed E-state index contributed by atoms with van der Waals surface area (Å²) in [5.41, 5.74) is 0.539. The second kappa shape index (κ2) is 3.15. The first-order chi connectivity index (χ1) is 5.52. The van der Waals surface area contributed by atoms with Crippen LogP contribution < -0.4 is 5.11 Å². The first kappa shape index (κ1) is 9.06. The van der Waals surface area contributed by atoms with Crippen molar-refractivity contribution >= 4 is 21.9 Å². The van der Waals surface area contributed by atoms with Gasteiger partial charge in [-0.2, -0.15) is 0 Å². The Labute approximate surface area is 77.8 Å². The number of rotatable bonds is 1. The Hall–Kier alpha value is -1.03. The van der Waals surface area contributed by atoms with E-state index in [0.29, 0.717) is 4.47 Å². The first-order valence-electron chi connectivity index (χ1n) is 3.23. The summed E-state index contributed by atoms with van der Waals surface area (Å²) in [6.45, 7) is 1.73. The van der Waals surface area contributed by atoms with Crippen LogP contribution in [0, 0.1) is 6.92 Å². The molecule has 0 saturated carbocycles. The number of hydrogen-bond acceptors (Lipinski definition) is 2. The Bertz CT molecular complexity index is 333. The maximum Gasteiger partial charge on any atom is 0.335 e. The van der Waals surface area contributed by atoms with E-state index in [1.165, 1.54) is 12.1 Å². The van der Waals surface area contributed by atoms with E-state index in [2.05, 4.69) is 15.9 Å². The van der Waals surface area contributed by atoms with Crippen molar-refractivity contribution in [2.75, 3.05) is 0 Å². The average molecular weight is 230 g/mol. The van der Waals surface area contributed by atoms with Gasteiger partial charge in [-0.25, -0.2) is 4.79 Å². The molecule has 0 unspecified atom stereocenters. The molecule has 0 aliphatic carbocycles. The van der Waals surface area contributed by atoms with Crippen LogP contribution in [0.5, 0.6) is 5.75 Å². The normalized spacial score (nSPS) is 9.83. The number of hydrogen-bond donors (Lipinski definition) is 1. The number of carboxylic acids is 1. The molecule has 0 aliphatic heterocycles. The van der Waals surface area contributed by atoms with Gasteiger partial charge in [0, 0.05) is 4.47 Å². The second-order valence-electron chi connectivity index (χ2n) is 2.40. The molecule has 0 saturated heterocycles. The number of carboxylic acid groups (broad SMARTS) is 1. The summed E-state index contributed by atoms with van der Waals surface area (Å²) in [7, 11) is 0. The van der Waals surface area contributed by atoms with Gasteiger partial charge in [0.1, 0.15) is 0 Å². The molecule has 1 N–H and O–H groups in total. The van der Waals surface area contributed by atoms with Gasteiger partial charge in [0.25, 0.3) is 0 Å². The van der Waals surface area contributed by atoms with Gasteiger partial charge in [0.15, 0.2) is 0 Å². The zero-order valence-corrected chi connectivity index (χ0v) is 7.88. The smallest absolute Gasteiger partial charge is 0.335 e. The monoisotopic (exact) mass is 229 g/mol. The average Bonchev–Trinajstić information content (AvgIpc) is 1.96. The quantitative estimate of drug-likeness (QED) is 0.795. The summed E-state index contributed by atoms with van der Waals surface area (Å²) in [4.78, 5) is 10.5. The number of benzene rings is 1. The molecular weight excluding hydrogens is 224 g/mol. The Morgan fingerprint density at radius 1 is 1.58 bits per heavy atom. The van der Waals surface area contributed by atoms with Crippen molar-refractivity contribution in [1.29, 1.82) is 0 Å². The molecule has 0 atom stereocenters. The van der Waals surface area contributed by atoms with Crippen molar-refractivity contribution in [3.63, 3.8) is 0 Å². The highest BCUT2D eigenvalue weighted by atomic mass is 79.9. The van der Waals surface area contributed by atoms with Crippen molar-refractivity contribution in [2.24, 2.45) is 0 Å². The fourth-order valence-electron chi connectivity index (χ4n) is 0.822. The number of halogens is 1. The Morgan fingerprint density at radius 2 is 2.17 bits per heavy atom. The second-order valence-corrected chi connectivity index (χ2v) is 3.26. The van der Waals surface area contributed by atoms with E-state index in [1.807, 2.05) is 0 Å². The molecule has 0 fully saturated rings. The molecule has 0 aliphatic rings. The number of aromatic carboxylic acids is 1. The van der Waals surface area contributed by atoms with E-state index < -0.39 is 11.7 Å². The third-order valence-corrected chi connectivity index (χ3v) is 2.35. The van der Waals surface area contributed by atoms with Gasteiger partial charge in [-0.3, -0.25) is 0 Å². The topological polar surface area (TPSA) is 60.4 Å². The summed E-state index contributed by atoms with van der Waals surface area (Å²) in [6, 6.07) is 2.62. The van der Waals surface area contributed by atoms with Crippen LogP contribution in [-0.2, 0) is 0 Å². The lowest BCUT2D eigenvalue weighted by atomic mass is 10.1. The molecule has 1 aromatic carbocycles. The van der Waals surface area contributed by atoms with E-state index in [1.54, 1.807) is 6.92 Å². The Balaban J connectivity index is 3.33. The molecule has 0 spiro atoms. The van der Waals surface area contributed by atoms with Crippen LogP contribution in [0.4, 0.5) is 0 Å². The molecule has 0 aromatic heterocycles. The molecule has 3 nitrogen and oxygen atoms in total. The fraction of sp³-hybridized carbons (Fsp3) is 0.125. The minimum absolute atomic E-state index is 0.201. The number of aryl methyl sites for hydroxylation is 1. The molecule has 1 aromatic rings. The fourth-order valence-corrected chi connectivity index (χ4v) is 1.17. The van der Waals surface area contributed by atoms with E-state index >= 15 is 0 Å². The maximum absolute atomic E-state index is 11.0. The lowest BCUT2D eigenvalue weighted by Gasteiger charge is -2.11. The third-order valence-electron chi connectivity index (χ3n) is 1.49. The molecule has 12 heavy (non-hydrogen) atoms. The van der Waals surface area contributed by atoms with Crippen LogP contribution in [0.3, 0.4) is 0 Å². The summed E-state index contributed by atoms with van der Waals surface area (Å²) >= 11 is 3.15. The molecule has 0 radical (unpaired) electrons. The van der Waals surface area contributed by atoms with Crippen molar-refractivity contribution in [3.05, 3.63) is 27.7 Å². The summed E-state index contributed by atoms with van der Waals surface area (Å²) in [6.07, 6.45) is 0. The highest BCUT2D eigenvalue weighted by molar-refractivity contribution is 9.10. The van der Waals surface area contributed by atoms with E-state index in [-0.39, 0.29) is 5.56 Å². The number of carbonyl (C=O) groups is 1. The van der Waals surface area contributed by atoms with Crippen LogP contribution in [0.1, 0.15) is 15.9 Å². The molecule has 0 heterocycles. The Kier molecular flexibility index (Phi) is 2.38. The SMILES string of the molecule is Cc1cc([O-])c(C(=O)O)cc1Br. The zero-order valence-electron chi connectivity index (χ0n) is 6.30. The predicted octanol–water partition coefficient (Wildman–Crippen LogP) is 1.53. The van der Waals surface area contributed by atoms with Gasteiger partial charge in [0.05, 0.1) is 5.56 Å². The van der Waals surface area contributed by atoms with Crippen LogP contribution in [0.15, 0.2) is 16.6 Å². The summed E-state index contributed by atoms with van der Waals surface area (Å²) < 4.78 is 0.638. The largest absolute Gasteiger partial charge is 0.872 e. The zero-order chi connectivity index (χ0) is 9.30. The van der Waals surface area contributed by atoms with Crippen molar-refractivity contribution in [2.45, 2.75) is 6.92 Å². The Morgan fingerprint density at radius 3 is 2.67 bits per heavy atom. The minimum Gasteiger partial charge on any atom is -0.872 e. The molecule has 1 rings (SSSR count). The maximum atomic E-state index is 11.0. The van der Waals surface area contributed by atoms with E-state index in [0.717, 1.165) is 5.56 Å². The van der Waals surface area contributed by atoms with Gasteiger partial charge in [-0.1, -0.05) is 27.7 Å². The molecule has 4 heteroatoms. The van der Waals surface area contributed by atoms with Crippen LogP contribution >= 0.6 is 15.9 Å². The third kappa shape index (κ3) is 1.58. The lowest BCUT2D eigenvalue weighted by Crippen LogP contribution is -2.04. The molecule has 64 valence electrons. The predicted molar refractivity (Wildman–Crippen MR) is 45.3 cm³/mol. The standard InChI is InChI=1S/C8H7BrO3/c1-4-2-7(10)5(8(11)12)3-6(4)9/h2-3,10H,1H3,(H,11,12)/p-1. The van der Waals surface area contributed by atoms with Gasteiger partial charge in [-0.15, -0.1) is 0 Å².